The highest BCUT2D eigenvalue weighted by atomic mass is 35.5. The molecule has 1 aromatic heterocycles. The van der Waals surface area contributed by atoms with Gasteiger partial charge < -0.3 is 0 Å². The number of pyridine rings is 1. The Morgan fingerprint density at radius 3 is 2.42 bits per heavy atom. The average Bonchev–Trinajstić information content (AvgIpc) is 1.92. The molecular formula is C6H4ClF3NO+. The highest BCUT2D eigenvalue weighted by Crippen LogP contribution is 2.29. The first-order valence-corrected chi connectivity index (χ1v) is 3.27. The molecule has 0 aliphatic heterocycles. The zero-order chi connectivity index (χ0) is 9.35. The summed E-state index contributed by atoms with van der Waals surface area (Å²) < 4.78 is 36.2. The van der Waals surface area contributed by atoms with Crippen LogP contribution in [0.25, 0.3) is 0 Å². The van der Waals surface area contributed by atoms with Gasteiger partial charge in [0.1, 0.15) is 0 Å². The Kier molecular flexibility index (Phi) is 2.14. The van der Waals surface area contributed by atoms with Crippen LogP contribution in [-0.2, 0) is 6.18 Å². The standard InChI is InChI=1S/C6H4ClF3NO/c7-5-3-4(6(8,9)10)1-2-11(5)12/h1-3,12H/q+1. The Morgan fingerprint density at radius 1 is 1.42 bits per heavy atom. The molecule has 0 bridgehead atoms. The first-order valence-electron chi connectivity index (χ1n) is 2.89. The number of hydrogen-bond donors (Lipinski definition) is 1. The molecule has 0 aromatic carbocycles. The van der Waals surface area contributed by atoms with E-state index in [1.165, 1.54) is 0 Å². The third-order valence-corrected chi connectivity index (χ3v) is 1.50. The Bertz CT molecular complexity index is 299. The lowest BCUT2D eigenvalue weighted by Crippen LogP contribution is -2.31. The van der Waals surface area contributed by atoms with E-state index in [0.29, 0.717) is 10.8 Å². The van der Waals surface area contributed by atoms with Crippen molar-refractivity contribution in [3.63, 3.8) is 0 Å². The quantitative estimate of drug-likeness (QED) is 0.384. The fourth-order valence-corrected chi connectivity index (χ4v) is 0.815. The van der Waals surface area contributed by atoms with Gasteiger partial charge in [-0.2, -0.15) is 13.2 Å². The van der Waals surface area contributed by atoms with E-state index in [1.807, 2.05) is 0 Å². The molecule has 0 amide bonds. The summed E-state index contributed by atoms with van der Waals surface area (Å²) in [7, 11) is 0. The molecule has 0 aliphatic carbocycles. The van der Waals surface area contributed by atoms with Crippen molar-refractivity contribution in [1.82, 2.24) is 0 Å². The molecule has 6 heteroatoms. The molecule has 0 spiro atoms. The Balaban J connectivity index is 3.14. The van der Waals surface area contributed by atoms with Crippen LogP contribution in [0.15, 0.2) is 18.3 Å². The summed E-state index contributed by atoms with van der Waals surface area (Å²) in [6, 6.07) is 1.37. The van der Waals surface area contributed by atoms with E-state index in [4.69, 9.17) is 16.8 Å². The molecule has 0 saturated heterocycles. The van der Waals surface area contributed by atoms with Crippen LogP contribution >= 0.6 is 11.6 Å². The molecule has 1 rings (SSSR count). The van der Waals surface area contributed by atoms with Crippen molar-refractivity contribution in [2.45, 2.75) is 6.18 Å². The summed E-state index contributed by atoms with van der Waals surface area (Å²) in [5.41, 5.74) is -0.891. The van der Waals surface area contributed by atoms with Crippen LogP contribution in [-0.4, -0.2) is 5.21 Å². The van der Waals surface area contributed by atoms with Crippen molar-refractivity contribution < 1.29 is 23.1 Å². The van der Waals surface area contributed by atoms with E-state index in [9.17, 15) is 13.2 Å². The topological polar surface area (TPSA) is 24.1 Å². The first-order chi connectivity index (χ1) is 5.41. The zero-order valence-electron chi connectivity index (χ0n) is 5.64. The Morgan fingerprint density at radius 2 is 2.00 bits per heavy atom. The van der Waals surface area contributed by atoms with Gasteiger partial charge in [0.25, 0.3) is 0 Å². The van der Waals surface area contributed by atoms with Gasteiger partial charge >= 0.3 is 11.3 Å². The van der Waals surface area contributed by atoms with E-state index in [0.717, 1.165) is 12.3 Å². The number of halogens is 4. The van der Waals surface area contributed by atoms with Gasteiger partial charge in [-0.3, -0.25) is 5.21 Å². The minimum atomic E-state index is -4.43. The molecule has 1 N–H and O–H groups in total. The largest absolute Gasteiger partial charge is 0.416 e. The van der Waals surface area contributed by atoms with E-state index in [-0.39, 0.29) is 5.15 Å². The molecule has 66 valence electrons. The lowest BCUT2D eigenvalue weighted by atomic mass is 10.3. The van der Waals surface area contributed by atoms with Gasteiger partial charge in [-0.1, -0.05) is 0 Å². The van der Waals surface area contributed by atoms with Gasteiger partial charge in [-0.25, -0.2) is 0 Å². The maximum Gasteiger partial charge on any atom is 0.416 e. The smallest absolute Gasteiger partial charge is 0.284 e. The second kappa shape index (κ2) is 2.82. The van der Waals surface area contributed by atoms with Crippen molar-refractivity contribution in [1.29, 1.82) is 0 Å². The fraction of sp³-hybridized carbons (Fsp3) is 0.167. The second-order valence-corrected chi connectivity index (χ2v) is 2.47. The summed E-state index contributed by atoms with van der Waals surface area (Å²) in [4.78, 5) is 0. The first kappa shape index (κ1) is 9.12. The lowest BCUT2D eigenvalue weighted by molar-refractivity contribution is -0.903. The predicted octanol–water partition coefficient (Wildman–Crippen LogP) is 1.88. The van der Waals surface area contributed by atoms with Crippen molar-refractivity contribution in [2.75, 3.05) is 0 Å². The van der Waals surface area contributed by atoms with Crippen LogP contribution in [0.5, 0.6) is 0 Å². The van der Waals surface area contributed by atoms with Crippen LogP contribution in [0.3, 0.4) is 0 Å². The maximum absolute atomic E-state index is 12.0. The fourth-order valence-electron chi connectivity index (χ4n) is 0.641. The Labute approximate surface area is 70.8 Å². The molecule has 0 fully saturated rings. The number of hydrogen-bond acceptors (Lipinski definition) is 1. The van der Waals surface area contributed by atoms with Gasteiger partial charge in [0.05, 0.1) is 5.56 Å². The summed E-state index contributed by atoms with van der Waals surface area (Å²) in [6.45, 7) is 0. The zero-order valence-corrected chi connectivity index (χ0v) is 6.39. The van der Waals surface area contributed by atoms with Crippen LogP contribution in [0.4, 0.5) is 13.2 Å². The molecule has 1 heterocycles. The molecule has 0 saturated carbocycles. The minimum absolute atomic E-state index is 0.384. The summed E-state index contributed by atoms with van der Waals surface area (Å²) in [5.74, 6) is 0. The van der Waals surface area contributed by atoms with Crippen LogP contribution < -0.4 is 4.73 Å². The molecular weight excluding hydrogens is 195 g/mol. The lowest BCUT2D eigenvalue weighted by Gasteiger charge is -2.03. The van der Waals surface area contributed by atoms with Crippen molar-refractivity contribution in [3.8, 4) is 0 Å². The van der Waals surface area contributed by atoms with Crippen LogP contribution in [0, 0.1) is 0 Å². The Hall–Kier alpha value is -0.970. The minimum Gasteiger partial charge on any atom is -0.284 e. The van der Waals surface area contributed by atoms with Crippen LogP contribution in [0.2, 0.25) is 5.15 Å². The van der Waals surface area contributed by atoms with Gasteiger partial charge in [0.2, 0.25) is 6.20 Å². The van der Waals surface area contributed by atoms with Crippen molar-refractivity contribution in [2.24, 2.45) is 0 Å². The monoisotopic (exact) mass is 198 g/mol. The highest BCUT2D eigenvalue weighted by molar-refractivity contribution is 6.28. The SMILES string of the molecule is O[n+]1ccc(C(F)(F)F)cc1Cl. The van der Waals surface area contributed by atoms with E-state index >= 15 is 0 Å². The third kappa shape index (κ3) is 1.79. The van der Waals surface area contributed by atoms with Crippen LogP contribution in [0.1, 0.15) is 5.56 Å². The van der Waals surface area contributed by atoms with Crippen molar-refractivity contribution >= 4 is 11.6 Å². The van der Waals surface area contributed by atoms with Crippen molar-refractivity contribution in [3.05, 3.63) is 29.0 Å². The third-order valence-electron chi connectivity index (χ3n) is 1.22. The van der Waals surface area contributed by atoms with E-state index in [1.54, 1.807) is 0 Å². The number of rotatable bonds is 0. The maximum atomic E-state index is 12.0. The predicted molar refractivity (Wildman–Crippen MR) is 33.8 cm³/mol. The second-order valence-electron chi connectivity index (χ2n) is 2.08. The molecule has 0 unspecified atom stereocenters. The summed E-state index contributed by atoms with van der Waals surface area (Å²) in [5, 5.41) is 8.34. The van der Waals surface area contributed by atoms with Gasteiger partial charge in [-0.15, -0.1) is 0 Å². The van der Waals surface area contributed by atoms with Gasteiger partial charge in [0, 0.05) is 16.9 Å². The van der Waals surface area contributed by atoms with E-state index in [2.05, 4.69) is 0 Å². The number of aromatic nitrogens is 1. The summed E-state index contributed by atoms with van der Waals surface area (Å²) in [6.07, 6.45) is -3.61. The molecule has 12 heavy (non-hydrogen) atoms. The molecule has 2 nitrogen and oxygen atoms in total. The number of alkyl halides is 3. The molecule has 1 aromatic rings. The normalized spacial score (nSPS) is 11.7. The molecule has 0 aliphatic rings. The number of nitrogens with zero attached hydrogens (tertiary/aromatic N) is 1. The van der Waals surface area contributed by atoms with E-state index < -0.39 is 11.7 Å². The summed E-state index contributed by atoms with van der Waals surface area (Å²) >= 11 is 5.23. The van der Waals surface area contributed by atoms with Gasteiger partial charge in [-0.05, 0) is 11.6 Å². The van der Waals surface area contributed by atoms with Gasteiger partial charge in [0.15, 0.2) is 0 Å². The highest BCUT2D eigenvalue weighted by Gasteiger charge is 2.32. The molecule has 0 atom stereocenters. The molecule has 0 radical (unpaired) electrons. The average molecular weight is 199 g/mol.